The molecule has 0 aliphatic carbocycles. The number of halogens is 1. The molecule has 0 aromatic heterocycles. The topological polar surface area (TPSA) is 77.4 Å². The van der Waals surface area contributed by atoms with Gasteiger partial charge in [0.1, 0.15) is 11.4 Å². The molecule has 3 aromatic carbocycles. The van der Waals surface area contributed by atoms with E-state index in [0.29, 0.717) is 37.5 Å². The molecule has 2 atom stereocenters. The van der Waals surface area contributed by atoms with Gasteiger partial charge in [0.25, 0.3) is 0 Å². The maximum Gasteiger partial charge on any atom is 0.197 e. The fourth-order valence-electron chi connectivity index (χ4n) is 4.83. The highest BCUT2D eigenvalue weighted by molar-refractivity contribution is 6.31. The molecule has 4 rings (SSSR count). The Labute approximate surface area is 223 Å². The molecule has 0 spiro atoms. The Hall–Kier alpha value is -2.45. The summed E-state index contributed by atoms with van der Waals surface area (Å²) >= 11 is 6.60. The molecule has 1 aliphatic heterocycles. The zero-order valence-electron chi connectivity index (χ0n) is 21.4. The minimum atomic E-state index is -1.23. The SMILES string of the molecule is CCOc1ccc(Cc2cc([C@@]3(OC)CC(OCc4ccccc4)CC(CO)(CO)O3)ccc2Cl)cc1. The number of hydrogen-bond donors (Lipinski definition) is 2. The van der Waals surface area contributed by atoms with E-state index in [1.54, 1.807) is 7.11 Å². The Morgan fingerprint density at radius 3 is 2.32 bits per heavy atom. The van der Waals surface area contributed by atoms with Gasteiger partial charge < -0.3 is 29.2 Å². The van der Waals surface area contributed by atoms with E-state index in [0.717, 1.165) is 28.0 Å². The summed E-state index contributed by atoms with van der Waals surface area (Å²) in [7, 11) is 1.57. The molecular weight excluding hydrogens is 492 g/mol. The Morgan fingerprint density at radius 1 is 0.946 bits per heavy atom. The minimum Gasteiger partial charge on any atom is -0.494 e. The number of aliphatic hydroxyl groups excluding tert-OH is 2. The van der Waals surface area contributed by atoms with E-state index in [1.807, 2.05) is 79.7 Å². The lowest BCUT2D eigenvalue weighted by Crippen LogP contribution is -2.56. The largest absolute Gasteiger partial charge is 0.494 e. The summed E-state index contributed by atoms with van der Waals surface area (Å²) in [5, 5.41) is 21.1. The third-order valence-corrected chi connectivity index (χ3v) is 7.20. The maximum atomic E-state index is 10.2. The molecule has 0 bridgehead atoms. The molecule has 2 N–H and O–H groups in total. The minimum absolute atomic E-state index is 0.321. The predicted octanol–water partition coefficient (Wildman–Crippen LogP) is 5.25. The highest BCUT2D eigenvalue weighted by atomic mass is 35.5. The van der Waals surface area contributed by atoms with Crippen molar-refractivity contribution in [3.63, 3.8) is 0 Å². The van der Waals surface area contributed by atoms with Gasteiger partial charge in [0.05, 0.1) is 32.5 Å². The summed E-state index contributed by atoms with van der Waals surface area (Å²) in [6.45, 7) is 2.24. The normalized spacial score (nSPS) is 21.1. The molecule has 1 fully saturated rings. The lowest BCUT2D eigenvalue weighted by Gasteiger charge is -2.49. The summed E-state index contributed by atoms with van der Waals surface area (Å²) in [4.78, 5) is 0. The van der Waals surface area contributed by atoms with Crippen molar-refractivity contribution in [3.8, 4) is 5.75 Å². The van der Waals surface area contributed by atoms with Gasteiger partial charge >= 0.3 is 0 Å². The van der Waals surface area contributed by atoms with Gasteiger partial charge in [-0.15, -0.1) is 0 Å². The standard InChI is InChI=1S/C30H35ClO6/c1-3-35-26-12-9-22(10-13-26)15-24-16-25(11-14-28(24)31)30(34-2)18-27(17-29(20-32,21-33)37-30)36-19-23-7-5-4-6-8-23/h4-14,16,27,32-33H,3,15,17-21H2,1-2H3/t27?,30-/m1/s1. The van der Waals surface area contributed by atoms with E-state index >= 15 is 0 Å². The first-order valence-electron chi connectivity index (χ1n) is 12.6. The molecule has 1 unspecified atom stereocenters. The fraction of sp³-hybridized carbons (Fsp3) is 0.400. The van der Waals surface area contributed by atoms with E-state index in [1.165, 1.54) is 0 Å². The molecule has 0 amide bonds. The van der Waals surface area contributed by atoms with Crippen LogP contribution in [0.1, 0.15) is 42.0 Å². The molecule has 1 saturated heterocycles. The van der Waals surface area contributed by atoms with Gasteiger partial charge in [-0.1, -0.05) is 60.1 Å². The monoisotopic (exact) mass is 526 g/mol. The number of rotatable bonds is 11. The third kappa shape index (κ3) is 6.52. The summed E-state index contributed by atoms with van der Waals surface area (Å²) in [5.74, 6) is -0.408. The lowest BCUT2D eigenvalue weighted by atomic mass is 9.85. The predicted molar refractivity (Wildman–Crippen MR) is 143 cm³/mol. The Balaban J connectivity index is 1.61. The van der Waals surface area contributed by atoms with Crippen molar-refractivity contribution in [3.05, 3.63) is 100 Å². The zero-order valence-corrected chi connectivity index (χ0v) is 22.1. The van der Waals surface area contributed by atoms with Gasteiger partial charge in [0.2, 0.25) is 0 Å². The molecule has 0 radical (unpaired) electrons. The number of aliphatic hydroxyl groups is 2. The van der Waals surface area contributed by atoms with Crippen molar-refractivity contribution in [1.29, 1.82) is 0 Å². The average molecular weight is 527 g/mol. The number of hydrogen-bond acceptors (Lipinski definition) is 6. The summed E-state index contributed by atoms with van der Waals surface area (Å²) in [6.07, 6.45) is 1.02. The number of ether oxygens (including phenoxy) is 4. The maximum absolute atomic E-state index is 10.2. The zero-order chi connectivity index (χ0) is 26.3. The van der Waals surface area contributed by atoms with Gasteiger partial charge in [-0.3, -0.25) is 0 Å². The van der Waals surface area contributed by atoms with E-state index in [9.17, 15) is 10.2 Å². The van der Waals surface area contributed by atoms with Crippen molar-refractivity contribution in [2.75, 3.05) is 26.9 Å². The Kier molecular flexibility index (Phi) is 9.24. The van der Waals surface area contributed by atoms with Crippen LogP contribution in [-0.2, 0) is 33.0 Å². The lowest BCUT2D eigenvalue weighted by molar-refractivity contribution is -0.344. The van der Waals surface area contributed by atoms with Gasteiger partial charge in [0, 0.05) is 30.5 Å². The number of benzene rings is 3. The molecule has 0 saturated carbocycles. The van der Waals surface area contributed by atoms with Crippen molar-refractivity contribution in [2.24, 2.45) is 0 Å². The van der Waals surface area contributed by atoms with E-state index in [2.05, 4.69) is 0 Å². The van der Waals surface area contributed by atoms with Crippen molar-refractivity contribution >= 4 is 11.6 Å². The van der Waals surface area contributed by atoms with Crippen LogP contribution in [0.3, 0.4) is 0 Å². The van der Waals surface area contributed by atoms with Crippen LogP contribution in [0.25, 0.3) is 0 Å². The molecule has 37 heavy (non-hydrogen) atoms. The Morgan fingerprint density at radius 2 is 1.68 bits per heavy atom. The fourth-order valence-corrected chi connectivity index (χ4v) is 5.01. The summed E-state index contributed by atoms with van der Waals surface area (Å²) in [6, 6.07) is 23.5. The van der Waals surface area contributed by atoms with Crippen LogP contribution in [-0.4, -0.2) is 48.8 Å². The molecule has 6 nitrogen and oxygen atoms in total. The van der Waals surface area contributed by atoms with Crippen LogP contribution in [0.5, 0.6) is 5.75 Å². The van der Waals surface area contributed by atoms with Gasteiger partial charge in [-0.05, 0) is 54.3 Å². The van der Waals surface area contributed by atoms with E-state index < -0.39 is 11.4 Å². The van der Waals surface area contributed by atoms with Gasteiger partial charge in [0.15, 0.2) is 5.79 Å². The molecule has 7 heteroatoms. The second-order valence-corrected chi connectivity index (χ2v) is 9.85. The smallest absolute Gasteiger partial charge is 0.197 e. The second-order valence-electron chi connectivity index (χ2n) is 9.45. The molecule has 3 aromatic rings. The molecular formula is C30H35ClO6. The van der Waals surface area contributed by atoms with Gasteiger partial charge in [-0.25, -0.2) is 0 Å². The van der Waals surface area contributed by atoms with Crippen molar-refractivity contribution < 1.29 is 29.2 Å². The first-order valence-corrected chi connectivity index (χ1v) is 13.0. The highest BCUT2D eigenvalue weighted by Gasteiger charge is 2.51. The first kappa shape index (κ1) is 27.6. The van der Waals surface area contributed by atoms with Crippen LogP contribution < -0.4 is 4.74 Å². The average Bonchev–Trinajstić information content (AvgIpc) is 2.94. The molecule has 1 heterocycles. The van der Waals surface area contributed by atoms with Crippen molar-refractivity contribution in [1.82, 2.24) is 0 Å². The summed E-state index contributed by atoms with van der Waals surface area (Å²) < 4.78 is 24.2. The molecule has 1 aliphatic rings. The Bertz CT molecular complexity index is 1130. The first-order chi connectivity index (χ1) is 17.9. The van der Waals surface area contributed by atoms with E-state index in [4.69, 9.17) is 30.5 Å². The van der Waals surface area contributed by atoms with Crippen LogP contribution in [0.2, 0.25) is 5.02 Å². The summed E-state index contributed by atoms with van der Waals surface area (Å²) in [5.41, 5.74) is 2.57. The van der Waals surface area contributed by atoms with Crippen LogP contribution in [0, 0.1) is 0 Å². The van der Waals surface area contributed by atoms with E-state index in [-0.39, 0.29) is 19.3 Å². The van der Waals surface area contributed by atoms with Crippen LogP contribution >= 0.6 is 11.6 Å². The van der Waals surface area contributed by atoms with Crippen LogP contribution in [0.15, 0.2) is 72.8 Å². The van der Waals surface area contributed by atoms with Crippen LogP contribution in [0.4, 0.5) is 0 Å². The number of methoxy groups -OCH3 is 1. The second kappa shape index (κ2) is 12.4. The van der Waals surface area contributed by atoms with Gasteiger partial charge in [-0.2, -0.15) is 0 Å². The highest BCUT2D eigenvalue weighted by Crippen LogP contribution is 2.45. The molecule has 198 valence electrons. The quantitative estimate of drug-likeness (QED) is 0.355. The van der Waals surface area contributed by atoms with Crippen molar-refractivity contribution in [2.45, 2.75) is 50.3 Å². The third-order valence-electron chi connectivity index (χ3n) is 6.83.